The van der Waals surface area contributed by atoms with Crippen molar-refractivity contribution in [3.05, 3.63) is 340 Å². The normalized spacial score (nSPS) is 11.5. The van der Waals surface area contributed by atoms with E-state index < -0.39 is 0 Å². The van der Waals surface area contributed by atoms with Crippen LogP contribution < -0.4 is 0 Å². The predicted octanol–water partition coefficient (Wildman–Crippen LogP) is 22.0. The molecular weight excluding hydrogens is 1270 g/mol. The summed E-state index contributed by atoms with van der Waals surface area (Å²) >= 11 is 0. The summed E-state index contributed by atoms with van der Waals surface area (Å²) in [5.74, 6) is 0. The average molecular weight is 1330 g/mol. The van der Waals surface area contributed by atoms with Gasteiger partial charge in [-0.05, 0) is 161 Å². The molecule has 20 rings (SSSR count). The number of aromatic nitrogens is 12. The van der Waals surface area contributed by atoms with Crippen molar-refractivity contribution >= 4 is 87.2 Å². The molecule has 0 saturated carbocycles. The Balaban J connectivity index is 0.000000143. The highest BCUT2D eigenvalue weighted by molar-refractivity contribution is 6.18. The molecule has 0 aliphatic heterocycles. The van der Waals surface area contributed by atoms with Gasteiger partial charge in [-0.25, -0.2) is 34.9 Å². The highest BCUT2D eigenvalue weighted by atomic mass is 14.8. The van der Waals surface area contributed by atoms with E-state index in [0.717, 1.165) is 189 Å². The van der Waals surface area contributed by atoms with Gasteiger partial charge in [0.2, 0.25) is 0 Å². The molecule has 12 heterocycles. The van der Waals surface area contributed by atoms with E-state index in [4.69, 9.17) is 39.9 Å². The molecule has 0 fully saturated rings. The largest absolute Gasteiger partial charge is 0.256 e. The van der Waals surface area contributed by atoms with Gasteiger partial charge in [0.25, 0.3) is 0 Å². The molecule has 0 aliphatic carbocycles. The average Bonchev–Trinajstić information content (AvgIpc) is 0.744. The van der Waals surface area contributed by atoms with Gasteiger partial charge in [0, 0.05) is 90.8 Å². The zero-order chi connectivity index (χ0) is 68.9. The molecular formula is C92H56N12. The third kappa shape index (κ3) is 11.3. The van der Waals surface area contributed by atoms with Gasteiger partial charge >= 0.3 is 0 Å². The Morgan fingerprint density at radius 1 is 0.163 bits per heavy atom. The SMILES string of the molecule is c1ccc(-c2c3ccccc3nc3c2ccc2ccc(-c4ccc(-c5cc(-c6ccccn6)nc(-c6ccccn6)c5)c5cccnc45)nc23)cc1.c1ccc(-c2c3ccccc3nc3c2ccc2ccc(-c4ccc5cc(-c6cc(-c7ccccn7)nc(-c7ccccn7)c6)ccc5n4)nc23)cc1. The molecule has 0 unspecified atom stereocenters. The van der Waals surface area contributed by atoms with Crippen LogP contribution in [0.2, 0.25) is 0 Å². The highest BCUT2D eigenvalue weighted by Crippen LogP contribution is 2.43. The highest BCUT2D eigenvalue weighted by Gasteiger charge is 2.21. The van der Waals surface area contributed by atoms with E-state index in [0.29, 0.717) is 0 Å². The Bertz CT molecular complexity index is 6600. The summed E-state index contributed by atoms with van der Waals surface area (Å²) in [6, 6.07) is 106. The molecule has 0 N–H and O–H groups in total. The summed E-state index contributed by atoms with van der Waals surface area (Å²) in [7, 11) is 0. The van der Waals surface area contributed by atoms with Gasteiger partial charge in [0.05, 0.1) is 107 Å². The summed E-state index contributed by atoms with van der Waals surface area (Å²) in [6.45, 7) is 0. The maximum absolute atomic E-state index is 5.35. The second-order valence-corrected chi connectivity index (χ2v) is 25.5. The minimum absolute atomic E-state index is 0.776. The Hall–Kier alpha value is -14.4. The van der Waals surface area contributed by atoms with Crippen molar-refractivity contribution in [1.29, 1.82) is 0 Å². The molecule has 20 aromatic rings. The minimum Gasteiger partial charge on any atom is -0.256 e. The maximum Gasteiger partial charge on any atom is 0.0978 e. The van der Waals surface area contributed by atoms with E-state index in [9.17, 15) is 0 Å². The Morgan fingerprint density at radius 3 is 1.11 bits per heavy atom. The van der Waals surface area contributed by atoms with Crippen LogP contribution in [-0.2, 0) is 0 Å². The van der Waals surface area contributed by atoms with Gasteiger partial charge in [-0.3, -0.25) is 24.9 Å². The first kappa shape index (κ1) is 60.8. The molecule has 0 amide bonds. The lowest BCUT2D eigenvalue weighted by atomic mass is 9.94. The first-order valence-corrected chi connectivity index (χ1v) is 34.4. The molecule has 8 aromatic carbocycles. The van der Waals surface area contributed by atoms with Crippen LogP contribution in [0.25, 0.3) is 200 Å². The maximum atomic E-state index is 5.35. The number of nitrogens with zero attached hydrogens (tertiary/aromatic N) is 12. The van der Waals surface area contributed by atoms with Gasteiger partial charge in [-0.2, -0.15) is 0 Å². The number of pyridine rings is 12. The zero-order valence-electron chi connectivity index (χ0n) is 55.7. The first-order chi connectivity index (χ1) is 51.5. The lowest BCUT2D eigenvalue weighted by molar-refractivity contribution is 1.22. The van der Waals surface area contributed by atoms with Crippen molar-refractivity contribution in [3.8, 4) is 113 Å². The quantitative estimate of drug-likeness (QED) is 0.0945. The number of hydrogen-bond acceptors (Lipinski definition) is 12. The smallest absolute Gasteiger partial charge is 0.0978 e. The minimum atomic E-state index is 0.776. The number of hydrogen-bond donors (Lipinski definition) is 0. The zero-order valence-corrected chi connectivity index (χ0v) is 55.7. The van der Waals surface area contributed by atoms with E-state index in [-0.39, 0.29) is 0 Å². The van der Waals surface area contributed by atoms with Crippen LogP contribution in [0.3, 0.4) is 0 Å². The fourth-order valence-electron chi connectivity index (χ4n) is 14.2. The number of fused-ring (bicyclic) bond motifs is 10. The summed E-state index contributed by atoms with van der Waals surface area (Å²) in [4.78, 5) is 59.3. The van der Waals surface area contributed by atoms with Crippen LogP contribution >= 0.6 is 0 Å². The van der Waals surface area contributed by atoms with Crippen LogP contribution in [-0.4, -0.2) is 59.8 Å². The van der Waals surface area contributed by atoms with Crippen LogP contribution in [0.1, 0.15) is 0 Å². The Morgan fingerprint density at radius 2 is 0.587 bits per heavy atom. The van der Waals surface area contributed by atoms with Crippen LogP contribution in [0.5, 0.6) is 0 Å². The molecule has 12 heteroatoms. The van der Waals surface area contributed by atoms with E-state index in [1.165, 1.54) is 11.1 Å². The third-order valence-electron chi connectivity index (χ3n) is 19.1. The lowest BCUT2D eigenvalue weighted by Crippen LogP contribution is -1.96. The van der Waals surface area contributed by atoms with Crippen LogP contribution in [0, 0.1) is 0 Å². The summed E-state index contributed by atoms with van der Waals surface area (Å²) in [5, 5.41) is 8.52. The monoisotopic (exact) mass is 1330 g/mol. The van der Waals surface area contributed by atoms with Crippen LogP contribution in [0.4, 0.5) is 0 Å². The molecule has 0 bridgehead atoms. The summed E-state index contributed by atoms with van der Waals surface area (Å²) in [5.41, 5.74) is 25.6. The molecule has 0 spiro atoms. The molecule has 12 aromatic heterocycles. The topological polar surface area (TPSA) is 155 Å². The van der Waals surface area contributed by atoms with Gasteiger partial charge in [-0.1, -0.05) is 182 Å². The summed E-state index contributed by atoms with van der Waals surface area (Å²) in [6.07, 6.45) is 9.00. The molecule has 0 atom stereocenters. The lowest BCUT2D eigenvalue weighted by Gasteiger charge is -2.15. The fourth-order valence-corrected chi connectivity index (χ4v) is 14.2. The van der Waals surface area contributed by atoms with Crippen molar-refractivity contribution in [1.82, 2.24) is 59.8 Å². The van der Waals surface area contributed by atoms with Gasteiger partial charge < -0.3 is 0 Å². The summed E-state index contributed by atoms with van der Waals surface area (Å²) < 4.78 is 0. The Labute approximate surface area is 596 Å². The second-order valence-electron chi connectivity index (χ2n) is 25.5. The van der Waals surface area contributed by atoms with Gasteiger partial charge in [0.15, 0.2) is 0 Å². The van der Waals surface area contributed by atoms with Gasteiger partial charge in [0.1, 0.15) is 0 Å². The van der Waals surface area contributed by atoms with Crippen molar-refractivity contribution in [3.63, 3.8) is 0 Å². The number of para-hydroxylation sites is 2. The second kappa shape index (κ2) is 26.1. The van der Waals surface area contributed by atoms with E-state index >= 15 is 0 Å². The standard InChI is InChI=1S/2C46H28N6/c1-2-11-29(12-3-1)43-34-13-4-5-15-37(34)52-46-36(43)20-18-30-19-23-38(51-44(30)46)35-22-21-32(33-14-10-26-49-45(33)35)31-27-41(39-16-6-8-24-47-39)50-42(28-31)40-17-7-9-25-48-40;1-2-10-29(11-3-1)44-34-12-4-5-13-37(34)51-46-35(44)20-16-30-17-22-41(52-45(30)46)40-23-19-32-26-31(18-21-36(32)49-40)33-27-42(38-14-6-8-24-47-38)50-43(28-33)39-15-7-9-25-48-39/h2*1-28H. The molecule has 0 aliphatic rings. The molecule has 12 nitrogen and oxygen atoms in total. The van der Waals surface area contributed by atoms with Crippen LogP contribution in [0.15, 0.2) is 340 Å². The predicted molar refractivity (Wildman–Crippen MR) is 421 cm³/mol. The van der Waals surface area contributed by atoms with Gasteiger partial charge in [-0.15, -0.1) is 0 Å². The van der Waals surface area contributed by atoms with Crippen molar-refractivity contribution in [2.24, 2.45) is 0 Å². The van der Waals surface area contributed by atoms with E-state index in [1.54, 1.807) is 24.8 Å². The van der Waals surface area contributed by atoms with Crippen molar-refractivity contribution in [2.75, 3.05) is 0 Å². The van der Waals surface area contributed by atoms with Crippen molar-refractivity contribution < 1.29 is 0 Å². The molecule has 484 valence electrons. The Kier molecular flexibility index (Phi) is 15.2. The fraction of sp³-hybridized carbons (Fsp3) is 0. The number of benzene rings is 8. The van der Waals surface area contributed by atoms with Crippen molar-refractivity contribution in [2.45, 2.75) is 0 Å². The first-order valence-electron chi connectivity index (χ1n) is 34.4. The van der Waals surface area contributed by atoms with E-state index in [1.807, 2.05) is 109 Å². The number of rotatable bonds is 10. The molecule has 0 saturated heterocycles. The molecule has 104 heavy (non-hydrogen) atoms. The third-order valence-corrected chi connectivity index (χ3v) is 19.1. The molecule has 0 radical (unpaired) electrons. The van der Waals surface area contributed by atoms with E-state index in [2.05, 4.69) is 226 Å².